The Morgan fingerprint density at radius 1 is 1.48 bits per heavy atom. The van der Waals surface area contributed by atoms with Crippen LogP contribution in [0.3, 0.4) is 0 Å². The predicted molar refractivity (Wildman–Crippen MR) is 77.3 cm³/mol. The molecule has 0 unspecified atom stereocenters. The first-order valence-electron chi connectivity index (χ1n) is 6.93. The summed E-state index contributed by atoms with van der Waals surface area (Å²) in [5.41, 5.74) is 6.02. The van der Waals surface area contributed by atoms with Gasteiger partial charge in [0.25, 0.3) is 5.91 Å². The van der Waals surface area contributed by atoms with Crippen molar-refractivity contribution in [2.75, 3.05) is 18.5 Å². The van der Waals surface area contributed by atoms with Gasteiger partial charge >= 0.3 is 0 Å². The summed E-state index contributed by atoms with van der Waals surface area (Å²) < 4.78 is 5.41. The first kappa shape index (κ1) is 13.6. The second-order valence-electron chi connectivity index (χ2n) is 4.94. The van der Waals surface area contributed by atoms with Crippen molar-refractivity contribution in [1.29, 1.82) is 0 Å². The molecule has 0 radical (unpaired) electrons. The van der Waals surface area contributed by atoms with Crippen molar-refractivity contribution in [3.05, 3.63) is 35.9 Å². The van der Waals surface area contributed by atoms with Crippen LogP contribution in [0.25, 0.3) is 0 Å². The summed E-state index contributed by atoms with van der Waals surface area (Å²) in [6, 6.07) is 7.13. The normalized spacial score (nSPS) is 14.0. The van der Waals surface area contributed by atoms with Gasteiger partial charge in [-0.05, 0) is 25.0 Å². The van der Waals surface area contributed by atoms with Gasteiger partial charge in [-0.3, -0.25) is 9.89 Å². The van der Waals surface area contributed by atoms with Gasteiger partial charge in [-0.25, -0.2) is 4.98 Å². The molecule has 0 bridgehead atoms. The minimum Gasteiger partial charge on any atom is -0.492 e. The van der Waals surface area contributed by atoms with E-state index < -0.39 is 0 Å². The summed E-state index contributed by atoms with van der Waals surface area (Å²) in [7, 11) is 0. The monoisotopic (exact) mass is 287 g/mol. The van der Waals surface area contributed by atoms with E-state index in [0.29, 0.717) is 30.5 Å². The second-order valence-corrected chi connectivity index (χ2v) is 4.94. The lowest BCUT2D eigenvalue weighted by atomic mass is 10.3. The Balaban J connectivity index is 1.65. The van der Waals surface area contributed by atoms with Crippen LogP contribution >= 0.6 is 0 Å². The third kappa shape index (κ3) is 3.38. The Morgan fingerprint density at radius 3 is 3.10 bits per heavy atom. The van der Waals surface area contributed by atoms with E-state index in [0.717, 1.165) is 18.7 Å². The van der Waals surface area contributed by atoms with Crippen LogP contribution in [-0.4, -0.2) is 34.2 Å². The van der Waals surface area contributed by atoms with E-state index in [1.165, 1.54) is 0 Å². The van der Waals surface area contributed by atoms with E-state index >= 15 is 0 Å². The van der Waals surface area contributed by atoms with Gasteiger partial charge in [0, 0.05) is 24.2 Å². The number of nitrogens with two attached hydrogens (primary N) is 1. The zero-order valence-corrected chi connectivity index (χ0v) is 11.5. The smallest absolute Gasteiger partial charge is 0.295 e. The number of amides is 1. The molecule has 1 heterocycles. The molecule has 3 rings (SSSR count). The van der Waals surface area contributed by atoms with Crippen molar-refractivity contribution in [2.24, 2.45) is 5.73 Å². The third-order valence-electron chi connectivity index (χ3n) is 3.15. The fraction of sp³-hybridized carbons (Fsp3) is 0.357. The van der Waals surface area contributed by atoms with Crippen LogP contribution in [0.4, 0.5) is 5.69 Å². The van der Waals surface area contributed by atoms with Crippen LogP contribution in [0, 0.1) is 0 Å². The first-order chi connectivity index (χ1) is 10.3. The van der Waals surface area contributed by atoms with Gasteiger partial charge in [-0.15, -0.1) is 5.10 Å². The van der Waals surface area contributed by atoms with Crippen molar-refractivity contribution in [3.63, 3.8) is 0 Å². The van der Waals surface area contributed by atoms with Crippen LogP contribution in [0.5, 0.6) is 5.75 Å². The minimum atomic E-state index is -0.339. The van der Waals surface area contributed by atoms with Gasteiger partial charge in [0.15, 0.2) is 0 Å². The third-order valence-corrected chi connectivity index (χ3v) is 3.15. The lowest BCUT2D eigenvalue weighted by Gasteiger charge is -2.07. The number of nitrogens with one attached hydrogen (secondary N) is 2. The number of anilines is 1. The Labute approximate surface area is 121 Å². The second kappa shape index (κ2) is 5.92. The highest BCUT2D eigenvalue weighted by Gasteiger charge is 2.28. The fourth-order valence-electron chi connectivity index (χ4n) is 1.94. The number of aromatic nitrogens is 3. The van der Waals surface area contributed by atoms with Gasteiger partial charge in [0.1, 0.15) is 18.2 Å². The molecule has 0 atom stereocenters. The summed E-state index contributed by atoms with van der Waals surface area (Å²) >= 11 is 0. The Bertz CT molecular complexity index is 636. The van der Waals surface area contributed by atoms with Crippen LogP contribution in [0.15, 0.2) is 24.3 Å². The number of H-pyrrole nitrogens is 1. The molecular weight excluding hydrogens is 270 g/mol. The van der Waals surface area contributed by atoms with Crippen molar-refractivity contribution in [3.8, 4) is 5.75 Å². The number of carbonyl (C=O) groups is 1. The number of ether oxygens (including phenoxy) is 1. The average molecular weight is 287 g/mol. The largest absolute Gasteiger partial charge is 0.492 e. The maximum Gasteiger partial charge on any atom is 0.295 e. The number of hydrogen-bond donors (Lipinski definition) is 3. The molecule has 2 aromatic rings. The SMILES string of the molecule is NCCOc1cccc(NC(=O)c2n[nH]c(C3CC3)n2)c1. The summed E-state index contributed by atoms with van der Waals surface area (Å²) in [4.78, 5) is 16.3. The molecule has 7 nitrogen and oxygen atoms in total. The number of hydrogen-bond acceptors (Lipinski definition) is 5. The summed E-state index contributed by atoms with van der Waals surface area (Å²) in [6.45, 7) is 0.876. The van der Waals surface area contributed by atoms with Crippen LogP contribution < -0.4 is 15.8 Å². The van der Waals surface area contributed by atoms with E-state index in [2.05, 4.69) is 20.5 Å². The van der Waals surface area contributed by atoms with Crippen LogP contribution in [-0.2, 0) is 0 Å². The van der Waals surface area contributed by atoms with Crippen LogP contribution in [0.2, 0.25) is 0 Å². The van der Waals surface area contributed by atoms with Gasteiger partial charge in [0.2, 0.25) is 5.82 Å². The molecule has 0 aliphatic heterocycles. The molecule has 0 spiro atoms. The average Bonchev–Trinajstić information content (AvgIpc) is 3.22. The van der Waals surface area contributed by atoms with Crippen molar-refractivity contribution < 1.29 is 9.53 Å². The maximum atomic E-state index is 12.1. The summed E-state index contributed by atoms with van der Waals surface area (Å²) in [5, 5.41) is 9.52. The minimum absolute atomic E-state index is 0.158. The number of rotatable bonds is 6. The fourth-order valence-corrected chi connectivity index (χ4v) is 1.94. The number of nitrogens with zero attached hydrogens (tertiary/aromatic N) is 2. The molecule has 110 valence electrons. The van der Waals surface area contributed by atoms with E-state index in [-0.39, 0.29) is 11.7 Å². The van der Waals surface area contributed by atoms with Gasteiger partial charge in [-0.1, -0.05) is 6.07 Å². The highest BCUT2D eigenvalue weighted by molar-refractivity contribution is 6.01. The molecule has 1 amide bonds. The Hall–Kier alpha value is -2.41. The highest BCUT2D eigenvalue weighted by Crippen LogP contribution is 2.37. The van der Waals surface area contributed by atoms with Crippen molar-refractivity contribution in [2.45, 2.75) is 18.8 Å². The molecule has 21 heavy (non-hydrogen) atoms. The van der Waals surface area contributed by atoms with E-state index in [4.69, 9.17) is 10.5 Å². The molecule has 1 fully saturated rings. The lowest BCUT2D eigenvalue weighted by molar-refractivity contribution is 0.101. The molecule has 1 aliphatic rings. The van der Waals surface area contributed by atoms with Crippen molar-refractivity contribution >= 4 is 11.6 Å². The first-order valence-corrected chi connectivity index (χ1v) is 6.93. The molecule has 4 N–H and O–H groups in total. The number of benzene rings is 1. The number of aromatic amines is 1. The number of carbonyl (C=O) groups excluding carboxylic acids is 1. The van der Waals surface area contributed by atoms with Crippen LogP contribution in [0.1, 0.15) is 35.2 Å². The zero-order chi connectivity index (χ0) is 14.7. The highest BCUT2D eigenvalue weighted by atomic mass is 16.5. The molecule has 1 aromatic heterocycles. The summed E-state index contributed by atoms with van der Waals surface area (Å²) in [5.74, 6) is 1.71. The molecule has 1 saturated carbocycles. The molecule has 1 aromatic carbocycles. The molecule has 0 saturated heterocycles. The lowest BCUT2D eigenvalue weighted by Crippen LogP contribution is -2.14. The van der Waals surface area contributed by atoms with E-state index in [1.54, 1.807) is 18.2 Å². The molecule has 7 heteroatoms. The quantitative estimate of drug-likeness (QED) is 0.742. The van der Waals surface area contributed by atoms with Gasteiger partial charge < -0.3 is 15.8 Å². The molecule has 1 aliphatic carbocycles. The van der Waals surface area contributed by atoms with E-state index in [1.807, 2.05) is 6.07 Å². The topological polar surface area (TPSA) is 106 Å². The zero-order valence-electron chi connectivity index (χ0n) is 11.5. The standard InChI is InChI=1S/C14H17N5O2/c15-6-7-21-11-3-1-2-10(8-11)16-14(20)13-17-12(18-19-13)9-4-5-9/h1-3,8-9H,4-7,15H2,(H,16,20)(H,17,18,19). The summed E-state index contributed by atoms with van der Waals surface area (Å²) in [6.07, 6.45) is 2.22. The maximum absolute atomic E-state index is 12.1. The van der Waals surface area contributed by atoms with Gasteiger partial charge in [-0.2, -0.15) is 0 Å². The van der Waals surface area contributed by atoms with Gasteiger partial charge in [0.05, 0.1) is 0 Å². The predicted octanol–water partition coefficient (Wildman–Crippen LogP) is 1.27. The van der Waals surface area contributed by atoms with E-state index in [9.17, 15) is 4.79 Å². The van der Waals surface area contributed by atoms with Crippen molar-refractivity contribution in [1.82, 2.24) is 15.2 Å². The Morgan fingerprint density at radius 2 is 2.33 bits per heavy atom. The Kier molecular flexibility index (Phi) is 3.83. The molecular formula is C14H17N5O2.